The summed E-state index contributed by atoms with van der Waals surface area (Å²) in [5, 5.41) is 5.13. The zero-order valence-electron chi connectivity index (χ0n) is 16.6. The highest BCUT2D eigenvalue weighted by atomic mass is 16.5. The zero-order valence-corrected chi connectivity index (χ0v) is 16.6. The molecule has 148 valence electrons. The van der Waals surface area contributed by atoms with Gasteiger partial charge >= 0.3 is 0 Å². The number of fused-ring (bicyclic) bond motifs is 5. The summed E-state index contributed by atoms with van der Waals surface area (Å²) in [6.07, 6.45) is 4.11. The minimum atomic E-state index is -0.0816. The highest BCUT2D eigenvalue weighted by Gasteiger charge is 2.24. The first-order chi connectivity index (χ1) is 14.6. The van der Waals surface area contributed by atoms with Crippen molar-refractivity contribution in [2.75, 3.05) is 6.61 Å². The molecular formula is C24H19N3O3. The van der Waals surface area contributed by atoms with Crippen molar-refractivity contribution in [1.29, 1.82) is 0 Å². The first kappa shape index (κ1) is 17.1. The van der Waals surface area contributed by atoms with E-state index in [0.29, 0.717) is 17.8 Å². The van der Waals surface area contributed by atoms with Crippen LogP contribution in [0.5, 0.6) is 5.75 Å². The topological polar surface area (TPSA) is 73.1 Å². The second kappa shape index (κ2) is 6.10. The molecule has 1 N–H and O–H groups in total. The third-order valence-corrected chi connectivity index (χ3v) is 5.64. The van der Waals surface area contributed by atoms with Gasteiger partial charge in [-0.05, 0) is 38.1 Å². The van der Waals surface area contributed by atoms with Crippen LogP contribution in [-0.4, -0.2) is 21.4 Å². The van der Waals surface area contributed by atoms with Crippen molar-refractivity contribution in [2.24, 2.45) is 0 Å². The van der Waals surface area contributed by atoms with Gasteiger partial charge in [-0.25, -0.2) is 4.98 Å². The lowest BCUT2D eigenvalue weighted by molar-refractivity contribution is 0.366. The minimum absolute atomic E-state index is 0.0816. The third kappa shape index (κ3) is 2.37. The first-order valence-electron chi connectivity index (χ1n) is 9.99. The van der Waals surface area contributed by atoms with Crippen molar-refractivity contribution in [3.63, 3.8) is 0 Å². The fraction of sp³-hybridized carbons (Fsp3) is 0.167. The van der Waals surface area contributed by atoms with Crippen molar-refractivity contribution < 1.29 is 9.15 Å². The van der Waals surface area contributed by atoms with Crippen LogP contribution in [-0.2, 0) is 0 Å². The molecule has 0 spiro atoms. The molecule has 0 saturated heterocycles. The number of para-hydroxylation sites is 1. The lowest BCUT2D eigenvalue weighted by atomic mass is 9.98. The van der Waals surface area contributed by atoms with Crippen molar-refractivity contribution in [3.8, 4) is 5.75 Å². The molecule has 2 aromatic carbocycles. The van der Waals surface area contributed by atoms with E-state index >= 15 is 0 Å². The van der Waals surface area contributed by atoms with E-state index in [1.165, 1.54) is 6.07 Å². The standard InChI is InChI=1S/C24H19N3O3/c1-13(2)27-24-18(11-25-27)21(15-9-14-5-3-4-6-19(14)29-12-15)23-22(26-24)17-8-7-16(28)10-20(17)30-23/h3-11,13,25H,12H2,1-2H3. The summed E-state index contributed by atoms with van der Waals surface area (Å²) < 4.78 is 14.3. The normalized spacial score (nSPS) is 13.8. The van der Waals surface area contributed by atoms with E-state index < -0.39 is 0 Å². The number of pyridine rings is 1. The molecule has 0 saturated carbocycles. The number of ether oxygens (including phenoxy) is 1. The molecule has 1 aliphatic heterocycles. The van der Waals surface area contributed by atoms with Crippen molar-refractivity contribution >= 4 is 44.8 Å². The van der Waals surface area contributed by atoms with Gasteiger partial charge in [0, 0.05) is 45.8 Å². The molecular weight excluding hydrogens is 378 g/mol. The van der Waals surface area contributed by atoms with Crippen LogP contribution in [0, 0.1) is 0 Å². The fourth-order valence-corrected chi connectivity index (χ4v) is 4.23. The van der Waals surface area contributed by atoms with Crippen LogP contribution in [0.1, 0.15) is 31.0 Å². The Morgan fingerprint density at radius 3 is 2.87 bits per heavy atom. The molecule has 0 radical (unpaired) electrons. The summed E-state index contributed by atoms with van der Waals surface area (Å²) in [6.45, 7) is 4.65. The van der Waals surface area contributed by atoms with Gasteiger partial charge in [0.1, 0.15) is 23.5 Å². The largest absolute Gasteiger partial charge is 0.488 e. The molecule has 1 aliphatic rings. The summed E-state index contributed by atoms with van der Waals surface area (Å²) in [6, 6.07) is 13.1. The summed E-state index contributed by atoms with van der Waals surface area (Å²) in [7, 11) is 0. The third-order valence-electron chi connectivity index (χ3n) is 5.64. The van der Waals surface area contributed by atoms with Gasteiger partial charge in [-0.1, -0.05) is 18.2 Å². The number of hydrogen-bond donors (Lipinski definition) is 1. The van der Waals surface area contributed by atoms with Crippen LogP contribution in [0.2, 0.25) is 0 Å². The van der Waals surface area contributed by atoms with Crippen molar-refractivity contribution in [3.05, 3.63) is 70.0 Å². The molecule has 0 atom stereocenters. The number of aromatic amines is 1. The number of rotatable bonds is 2. The molecule has 0 aliphatic carbocycles. The lowest BCUT2D eigenvalue weighted by Gasteiger charge is -2.18. The average Bonchev–Trinajstić information content (AvgIpc) is 3.32. The van der Waals surface area contributed by atoms with E-state index in [1.807, 2.05) is 35.1 Å². The number of aromatic nitrogens is 3. The van der Waals surface area contributed by atoms with E-state index in [1.54, 1.807) is 12.1 Å². The van der Waals surface area contributed by atoms with Crippen LogP contribution in [0.15, 0.2) is 57.9 Å². The van der Waals surface area contributed by atoms with Gasteiger partial charge in [-0.2, -0.15) is 0 Å². The predicted octanol–water partition coefficient (Wildman–Crippen LogP) is 5.14. The van der Waals surface area contributed by atoms with Crippen LogP contribution >= 0.6 is 0 Å². The Kier molecular flexibility index (Phi) is 3.47. The number of nitrogens with one attached hydrogen (secondary N) is 1. The number of hydrogen-bond acceptors (Lipinski definition) is 4. The van der Waals surface area contributed by atoms with Crippen LogP contribution in [0.25, 0.3) is 44.8 Å². The van der Waals surface area contributed by atoms with Gasteiger partial charge in [-0.15, -0.1) is 0 Å². The fourth-order valence-electron chi connectivity index (χ4n) is 4.23. The van der Waals surface area contributed by atoms with E-state index in [9.17, 15) is 4.79 Å². The van der Waals surface area contributed by atoms with E-state index in [-0.39, 0.29) is 11.5 Å². The predicted molar refractivity (Wildman–Crippen MR) is 118 cm³/mol. The van der Waals surface area contributed by atoms with Gasteiger partial charge in [-0.3, -0.25) is 9.48 Å². The van der Waals surface area contributed by atoms with Crippen LogP contribution < -0.4 is 10.2 Å². The monoisotopic (exact) mass is 397 g/mol. The Morgan fingerprint density at radius 2 is 2.00 bits per heavy atom. The van der Waals surface area contributed by atoms with Gasteiger partial charge in [0.25, 0.3) is 0 Å². The summed E-state index contributed by atoms with van der Waals surface area (Å²) in [5.41, 5.74) is 5.74. The van der Waals surface area contributed by atoms with Gasteiger partial charge in [0.15, 0.2) is 16.7 Å². The van der Waals surface area contributed by atoms with Crippen molar-refractivity contribution in [1.82, 2.24) is 14.8 Å². The highest BCUT2D eigenvalue weighted by Crippen LogP contribution is 2.40. The van der Waals surface area contributed by atoms with Crippen LogP contribution in [0.3, 0.4) is 0 Å². The second-order valence-electron chi connectivity index (χ2n) is 7.90. The summed E-state index contributed by atoms with van der Waals surface area (Å²) in [4.78, 5) is 16.8. The van der Waals surface area contributed by atoms with E-state index in [0.717, 1.165) is 44.4 Å². The van der Waals surface area contributed by atoms with Gasteiger partial charge in [0.2, 0.25) is 0 Å². The maximum absolute atomic E-state index is 11.9. The molecule has 3 aromatic heterocycles. The molecule has 6 heteroatoms. The molecule has 0 bridgehead atoms. The van der Waals surface area contributed by atoms with Gasteiger partial charge in [0.05, 0.1) is 0 Å². The van der Waals surface area contributed by atoms with E-state index in [4.69, 9.17) is 14.1 Å². The molecule has 0 fully saturated rings. The lowest BCUT2D eigenvalue weighted by Crippen LogP contribution is -2.08. The molecule has 30 heavy (non-hydrogen) atoms. The smallest absolute Gasteiger partial charge is 0.182 e. The minimum Gasteiger partial charge on any atom is -0.488 e. The highest BCUT2D eigenvalue weighted by molar-refractivity contribution is 6.13. The second-order valence-corrected chi connectivity index (χ2v) is 7.90. The molecule has 6 rings (SSSR count). The first-order valence-corrected chi connectivity index (χ1v) is 9.99. The SMILES string of the molecule is CC(C)n1[nH]cc2c(C3=Cc4ccccc4OC3)c3oc4cc(=O)ccc4c3nc21. The maximum atomic E-state index is 11.9. The van der Waals surface area contributed by atoms with E-state index in [2.05, 4.69) is 25.0 Å². The Bertz CT molecular complexity index is 1550. The molecule has 5 aromatic rings. The van der Waals surface area contributed by atoms with Crippen molar-refractivity contribution in [2.45, 2.75) is 19.9 Å². The Labute approximate surface area is 171 Å². The van der Waals surface area contributed by atoms with Crippen LogP contribution in [0.4, 0.5) is 0 Å². The summed E-state index contributed by atoms with van der Waals surface area (Å²) >= 11 is 0. The number of benzene rings is 2. The zero-order chi connectivity index (χ0) is 20.4. The maximum Gasteiger partial charge on any atom is 0.182 e. The Morgan fingerprint density at radius 1 is 1.13 bits per heavy atom. The Hall–Kier alpha value is -3.80. The Balaban J connectivity index is 1.75. The molecule has 6 nitrogen and oxygen atoms in total. The number of furan rings is 1. The number of H-pyrrole nitrogens is 1. The molecule has 0 unspecified atom stereocenters. The molecule has 4 heterocycles. The quantitative estimate of drug-likeness (QED) is 0.448. The average molecular weight is 397 g/mol. The van der Waals surface area contributed by atoms with Gasteiger partial charge < -0.3 is 14.3 Å². The summed E-state index contributed by atoms with van der Waals surface area (Å²) in [5.74, 6) is 0.870. The number of nitrogens with zero attached hydrogens (tertiary/aromatic N) is 2. The molecule has 0 amide bonds.